The van der Waals surface area contributed by atoms with Crippen LogP contribution < -0.4 is 81.2 Å². The number of nitrogen functional groups attached to an aromatic ring is 3. The van der Waals surface area contributed by atoms with E-state index in [1.54, 1.807) is 12.1 Å². The Morgan fingerprint density at radius 2 is 0.894 bits per heavy atom. The minimum Gasteiger partial charge on any atom is -0.481 e. The summed E-state index contributed by atoms with van der Waals surface area (Å²) < 4.78 is 5.26. The molecule has 4 heterocycles. The van der Waals surface area contributed by atoms with Crippen molar-refractivity contribution >= 4 is 150 Å². The van der Waals surface area contributed by atoms with Crippen LogP contribution in [0.15, 0.2) is 65.7 Å². The molecule has 9 amide bonds. The Balaban J connectivity index is 1.10. The van der Waals surface area contributed by atoms with E-state index < -0.39 is 258 Å². The van der Waals surface area contributed by atoms with E-state index in [1.807, 2.05) is 0 Å². The number of aliphatic carboxylic acids is 3. The molecule has 52 heteroatoms. The summed E-state index contributed by atoms with van der Waals surface area (Å²) in [6, 6.07) is 0.662. The molecule has 6 aromatic rings. The molecule has 1 unspecified atom stereocenters. The zero-order valence-electron chi connectivity index (χ0n) is 65.4. The molecule has 0 fully saturated rings. The Morgan fingerprint density at radius 3 is 1.36 bits per heavy atom. The number of fused-ring (bicyclic) bond motifs is 2. The van der Waals surface area contributed by atoms with E-state index in [2.05, 4.69) is 98.4 Å². The minimum absolute atomic E-state index is 0.00313. The Labute approximate surface area is 703 Å². The standard InChI is InChI=1S/C71H96N22O28S2/c1-75-63(112)42(30-123-122-21-20-121-51(105)19-14-41(69(119)120)88-62(111)32-4-6-33(7-5-32)76-22-35-24-80-59-52(82-35)58(72)90-70(73)91-59)89-66(115)38(11-16-48(101)79-27-44(97)55(107)57(109)46(99)29-95)85-65(114)39(13-18-50(103)104)86-64(113)37(10-15-47(100)78-26-43(96)54(106)56(108)45(98)28-94)84-49(102)17-12-40(68(117)118)87-61(110)31-2-8-34(9-3-31)77-23-36-25-81-60-53(83-36)67(116)93-71(74)92-60/h2-9,24-25,37-46,54-57,76-77,94-99,106-109H,10-23,26-30H2,1H3,(H,75,112)(H,78,100)(H,79,101)(H,84,102)(H,85,114)(H,86,113)(H,87,110)(H,88,111)(H,89,115)(H,103,104)(H,117,118)(H,119,120)(H4,72,73,80,90,91)(H3,74,81,92,93,116)/t37-,38-,39-,40-,41?,42-,43-,44-,45+,46+,54+,55+,56+,57+/m0/s1. The van der Waals surface area contributed by atoms with Gasteiger partial charge in [0.15, 0.2) is 28.1 Å². The molecule has 670 valence electrons. The zero-order valence-corrected chi connectivity index (χ0v) is 67.0. The molecule has 0 saturated carbocycles. The third-order valence-electron chi connectivity index (χ3n) is 17.9. The van der Waals surface area contributed by atoms with E-state index in [1.165, 1.54) is 55.8 Å². The van der Waals surface area contributed by atoms with Crippen molar-refractivity contribution in [1.29, 1.82) is 0 Å². The van der Waals surface area contributed by atoms with Gasteiger partial charge in [0.2, 0.25) is 53.2 Å². The fraction of sp³-hybridized carbons (Fsp3) is 0.479. The van der Waals surface area contributed by atoms with Crippen molar-refractivity contribution in [2.75, 3.05) is 79.3 Å². The highest BCUT2D eigenvalue weighted by atomic mass is 33.1. The highest BCUT2D eigenvalue weighted by molar-refractivity contribution is 8.76. The number of aromatic amines is 1. The minimum atomic E-state index is -2.15. The maximum absolute atomic E-state index is 14.5. The number of hydrogen-bond donors (Lipinski definition) is 28. The average Bonchev–Trinajstić information content (AvgIpc) is 0.813. The van der Waals surface area contributed by atoms with Crippen LogP contribution in [0.5, 0.6) is 0 Å². The van der Waals surface area contributed by atoms with E-state index in [4.69, 9.17) is 21.9 Å². The van der Waals surface area contributed by atoms with Crippen LogP contribution in [0.2, 0.25) is 0 Å². The van der Waals surface area contributed by atoms with Gasteiger partial charge in [-0.05, 0) is 80.6 Å². The number of carbonyl (C=O) groups excluding carboxylic acids is 10. The summed E-state index contributed by atoms with van der Waals surface area (Å²) >= 11 is 0. The van der Waals surface area contributed by atoms with Crippen molar-refractivity contribution in [2.45, 2.75) is 162 Å². The summed E-state index contributed by atoms with van der Waals surface area (Å²) in [6.07, 6.45) is -20.8. The second kappa shape index (κ2) is 49.4. The van der Waals surface area contributed by atoms with E-state index in [0.29, 0.717) is 22.8 Å². The first-order chi connectivity index (χ1) is 58.4. The molecule has 4 aromatic heterocycles. The monoisotopic (exact) mass is 1770 g/mol. The molecule has 6 rings (SSSR count). The van der Waals surface area contributed by atoms with Crippen molar-refractivity contribution in [2.24, 2.45) is 0 Å². The number of ether oxygens (including phenoxy) is 1. The van der Waals surface area contributed by atoms with Crippen molar-refractivity contribution in [3.05, 3.63) is 93.8 Å². The lowest BCUT2D eigenvalue weighted by Gasteiger charge is -2.27. The molecule has 0 spiro atoms. The Hall–Kier alpha value is -12.5. The zero-order chi connectivity index (χ0) is 90.7. The number of aliphatic hydroxyl groups excluding tert-OH is 10. The number of nitrogens with zero attached hydrogens (tertiary/aromatic N) is 7. The summed E-state index contributed by atoms with van der Waals surface area (Å²) in [5.41, 5.74) is 18.6. The molecule has 31 N–H and O–H groups in total. The van der Waals surface area contributed by atoms with Gasteiger partial charge >= 0.3 is 23.9 Å². The first-order valence-electron chi connectivity index (χ1n) is 37.4. The first kappa shape index (κ1) is 99.3. The van der Waals surface area contributed by atoms with E-state index in [0.717, 1.165) is 21.6 Å². The molecule has 0 radical (unpaired) electrons. The number of aromatic nitrogens is 8. The number of hydrogen-bond acceptors (Lipinski definition) is 39. The molecular weight excluding hydrogens is 1670 g/mol. The Kier molecular flexibility index (Phi) is 39.9. The number of rotatable bonds is 53. The average molecular weight is 1770 g/mol. The molecule has 0 bridgehead atoms. The molecule has 50 nitrogen and oxygen atoms in total. The number of nitrogens with one attached hydrogen (secondary N) is 12. The maximum Gasteiger partial charge on any atom is 0.326 e. The van der Waals surface area contributed by atoms with Gasteiger partial charge in [0.25, 0.3) is 17.4 Å². The number of carbonyl (C=O) groups is 13. The smallest absolute Gasteiger partial charge is 0.326 e. The fourth-order valence-corrected chi connectivity index (χ4v) is 13.0. The largest absolute Gasteiger partial charge is 0.481 e. The fourth-order valence-electron chi connectivity index (χ4n) is 11.0. The number of benzene rings is 2. The van der Waals surface area contributed by atoms with Crippen LogP contribution in [-0.2, 0) is 70.6 Å². The second-order valence-corrected chi connectivity index (χ2v) is 29.7. The lowest BCUT2D eigenvalue weighted by Crippen LogP contribution is -2.58. The number of amides is 9. The molecule has 0 saturated heterocycles. The number of anilines is 5. The van der Waals surface area contributed by atoms with Crippen LogP contribution in [0.3, 0.4) is 0 Å². The van der Waals surface area contributed by atoms with Crippen LogP contribution in [0.25, 0.3) is 22.3 Å². The summed E-state index contributed by atoms with van der Waals surface area (Å²) in [7, 11) is 3.13. The van der Waals surface area contributed by atoms with Gasteiger partial charge in [-0.15, -0.1) is 0 Å². The van der Waals surface area contributed by atoms with Gasteiger partial charge in [-0.1, -0.05) is 21.6 Å². The molecule has 14 atom stereocenters. The molecule has 0 aliphatic carbocycles. The van der Waals surface area contributed by atoms with Gasteiger partial charge in [-0.25, -0.2) is 29.5 Å². The molecule has 0 aliphatic rings. The van der Waals surface area contributed by atoms with Crippen LogP contribution >= 0.6 is 21.6 Å². The third-order valence-corrected chi connectivity index (χ3v) is 20.3. The number of aliphatic hydroxyl groups is 10. The normalized spacial score (nSPS) is 14.7. The number of carboxylic acids is 3. The predicted octanol–water partition coefficient (Wildman–Crippen LogP) is -8.82. The van der Waals surface area contributed by atoms with Gasteiger partial charge in [-0.2, -0.15) is 15.0 Å². The highest BCUT2D eigenvalue weighted by Gasteiger charge is 2.36. The van der Waals surface area contributed by atoms with E-state index >= 15 is 0 Å². The number of esters is 1. The summed E-state index contributed by atoms with van der Waals surface area (Å²) in [6.45, 7) is -3.85. The van der Waals surface area contributed by atoms with Crippen LogP contribution in [0.4, 0.5) is 29.1 Å². The van der Waals surface area contributed by atoms with Gasteiger partial charge in [0, 0.05) is 86.2 Å². The topological polar surface area (TPSA) is 828 Å². The van der Waals surface area contributed by atoms with Gasteiger partial charge in [-0.3, -0.25) is 62.5 Å². The van der Waals surface area contributed by atoms with Crippen molar-refractivity contribution in [3.8, 4) is 0 Å². The molecule has 2 aromatic carbocycles. The number of nitrogens with two attached hydrogens (primary N) is 3. The van der Waals surface area contributed by atoms with Crippen molar-refractivity contribution in [3.63, 3.8) is 0 Å². The lowest BCUT2D eigenvalue weighted by atomic mass is 10.0. The number of likely N-dealkylation sites (N-methyl/N-ethyl adjacent to an activating group) is 1. The maximum atomic E-state index is 14.5. The van der Waals surface area contributed by atoms with Gasteiger partial charge in [0.1, 0.15) is 79.5 Å². The van der Waals surface area contributed by atoms with Crippen molar-refractivity contribution in [1.82, 2.24) is 87.7 Å². The van der Waals surface area contributed by atoms with Crippen molar-refractivity contribution < 1.29 is 133 Å². The molecular formula is C71H96N22O28S2. The van der Waals surface area contributed by atoms with Gasteiger partial charge < -0.3 is 147 Å². The Bertz CT molecular complexity index is 4720. The Morgan fingerprint density at radius 1 is 0.472 bits per heavy atom. The lowest BCUT2D eigenvalue weighted by molar-refractivity contribution is -0.144. The van der Waals surface area contributed by atoms with Crippen LogP contribution in [0.1, 0.15) is 96.3 Å². The summed E-state index contributed by atoms with van der Waals surface area (Å²) in [5, 5.41) is 156. The highest BCUT2D eigenvalue weighted by Crippen LogP contribution is 2.23. The second-order valence-electron chi connectivity index (χ2n) is 27.1. The SMILES string of the molecule is CNC(=O)[C@H](CSSCCOC(=O)CCC(NC(=O)c1ccc(NCc2cnc3nc(N)nc(N)c3n2)cc1)C(=O)O)NC(=O)[C@H](CCC(=O)NC[C@H](O)[C@@H](O)[C@H](O)[C@H](O)CO)NC(=O)[C@H](CCC(=O)O)NC(=O)[C@H](CCC(=O)NC[C@H](O)[C@@H](O)[C@H](O)[C@H](O)CO)NC(=O)CC[C@H](NC(=O)c1ccc(NCc2cnc3nc(N)[nH]c(=O)c3n2)cc1)C(=O)O. The van der Waals surface area contributed by atoms with Crippen LogP contribution in [0, 0.1) is 0 Å². The van der Waals surface area contributed by atoms with Gasteiger partial charge in [0.05, 0.1) is 62.3 Å². The van der Waals surface area contributed by atoms with Crippen LogP contribution in [-0.4, -0.2) is 320 Å². The number of H-pyrrole nitrogens is 1. The number of carboxylic acid groups (broad SMARTS) is 3. The summed E-state index contributed by atoms with van der Waals surface area (Å²) in [4.78, 5) is 217. The van der Waals surface area contributed by atoms with E-state index in [9.17, 15) is 134 Å². The quantitative estimate of drug-likeness (QED) is 0.00958. The summed E-state index contributed by atoms with van der Waals surface area (Å²) in [5.74, 6) is -15.8. The molecule has 0 aliphatic heterocycles. The predicted molar refractivity (Wildman–Crippen MR) is 431 cm³/mol. The third kappa shape index (κ3) is 32.4. The van der Waals surface area contributed by atoms with E-state index in [-0.39, 0.29) is 82.4 Å². The first-order valence-corrected chi connectivity index (χ1v) is 39.9. The molecule has 123 heavy (non-hydrogen) atoms.